The van der Waals surface area contributed by atoms with Gasteiger partial charge in [-0.3, -0.25) is 0 Å². The second-order valence-corrected chi connectivity index (χ2v) is 12.7. The number of hydrogen-bond acceptors (Lipinski definition) is 8. The van der Waals surface area contributed by atoms with Gasteiger partial charge in [-0.15, -0.1) is 0 Å². The first-order valence-electron chi connectivity index (χ1n) is 10.5. The Morgan fingerprint density at radius 1 is 0.444 bits per heavy atom. The van der Waals surface area contributed by atoms with Crippen LogP contribution in [0.3, 0.4) is 0 Å². The largest absolute Gasteiger partial charge is 0.275 e. The van der Waals surface area contributed by atoms with E-state index in [-0.39, 0.29) is 0 Å². The van der Waals surface area contributed by atoms with Crippen molar-refractivity contribution >= 4 is 44.3 Å². The Labute approximate surface area is 221 Å². The van der Waals surface area contributed by atoms with E-state index in [2.05, 4.69) is 7.26 Å². The highest BCUT2D eigenvalue weighted by Crippen LogP contribution is 2.26. The lowest BCUT2D eigenvalue weighted by Crippen LogP contribution is -1.95. The minimum Gasteiger partial charge on any atom is -0.199 e. The summed E-state index contributed by atoms with van der Waals surface area (Å²) in [6.07, 6.45) is 2.05. The third kappa shape index (κ3) is 10.2. The van der Waals surface area contributed by atoms with E-state index in [1.165, 1.54) is 0 Å². The Morgan fingerprint density at radius 2 is 0.722 bits per heavy atom. The molecule has 4 rings (SSSR count). The molecule has 4 aromatic rings. The first-order chi connectivity index (χ1) is 17.1. The molecule has 0 heterocycles. The molecule has 188 valence electrons. The predicted octanol–water partition coefficient (Wildman–Crippen LogP) is 6.67. The minimum absolute atomic E-state index is 0.750. The maximum absolute atomic E-state index is 10.8. The van der Waals surface area contributed by atoms with Gasteiger partial charge in [-0.05, 0) is 46.5 Å². The van der Waals surface area contributed by atoms with Crippen LogP contribution in [0.4, 0.5) is 0 Å². The molecule has 0 aliphatic rings. The summed E-state index contributed by atoms with van der Waals surface area (Å²) in [6, 6.07) is 35.0. The molecule has 0 saturated heterocycles. The fraction of sp³-hybridized carbons (Fsp3) is 0.0769. The number of benzene rings is 4. The molecule has 0 N–H and O–H groups in total. The molecule has 0 spiro atoms. The number of hydrogen-bond donors (Lipinski definition) is 0. The molecule has 0 atom stereocenters. The Bertz CT molecular complexity index is 1320. The quantitative estimate of drug-likeness (QED) is 0.221. The standard InChI is InChI=1S/2C13H12O3S2/c2*1-18(14,15)16-17-13-9-7-12(8-10-13)11-5-3-2-4-6-11/h2*2-10H,1H3. The maximum atomic E-state index is 10.8. The van der Waals surface area contributed by atoms with Gasteiger partial charge in [0.25, 0.3) is 20.2 Å². The van der Waals surface area contributed by atoms with Gasteiger partial charge in [0.05, 0.1) is 12.5 Å². The van der Waals surface area contributed by atoms with E-state index in [0.717, 1.165) is 68.6 Å². The van der Waals surface area contributed by atoms with Gasteiger partial charge in [0, 0.05) is 33.9 Å². The smallest absolute Gasteiger partial charge is 0.199 e. The van der Waals surface area contributed by atoms with E-state index in [1.807, 2.05) is 109 Å². The average molecular weight is 561 g/mol. The summed E-state index contributed by atoms with van der Waals surface area (Å²) in [5.41, 5.74) is 4.41. The first kappa shape index (κ1) is 28.0. The third-order valence-electron chi connectivity index (χ3n) is 4.43. The van der Waals surface area contributed by atoms with Crippen LogP contribution in [0.25, 0.3) is 22.3 Å². The van der Waals surface area contributed by atoms with Crippen LogP contribution in [0.2, 0.25) is 0 Å². The van der Waals surface area contributed by atoms with Crippen molar-refractivity contribution in [1.82, 2.24) is 0 Å². The molecule has 0 aliphatic heterocycles. The lowest BCUT2D eigenvalue weighted by Gasteiger charge is -2.03. The van der Waals surface area contributed by atoms with Crippen molar-refractivity contribution in [2.45, 2.75) is 9.79 Å². The van der Waals surface area contributed by atoms with E-state index < -0.39 is 20.2 Å². The minimum atomic E-state index is -3.42. The first-order valence-corrected chi connectivity index (χ1v) is 15.6. The molecule has 0 aliphatic carbocycles. The lowest BCUT2D eigenvalue weighted by atomic mass is 10.1. The molecule has 4 aromatic carbocycles. The summed E-state index contributed by atoms with van der Waals surface area (Å²) >= 11 is 1.69. The third-order valence-corrected chi connectivity index (χ3v) is 7.88. The highest BCUT2D eigenvalue weighted by molar-refractivity contribution is 8.04. The van der Waals surface area contributed by atoms with Crippen molar-refractivity contribution in [1.29, 1.82) is 0 Å². The monoisotopic (exact) mass is 560 g/mol. The normalized spacial score (nSPS) is 11.4. The predicted molar refractivity (Wildman–Crippen MR) is 147 cm³/mol. The zero-order valence-electron chi connectivity index (χ0n) is 19.5. The zero-order chi connectivity index (χ0) is 26.0. The number of rotatable bonds is 8. The van der Waals surface area contributed by atoms with Crippen molar-refractivity contribution in [3.8, 4) is 22.3 Å². The zero-order valence-corrected chi connectivity index (χ0v) is 22.7. The Kier molecular flexibility index (Phi) is 10.2. The molecule has 0 unspecified atom stereocenters. The fourth-order valence-electron chi connectivity index (χ4n) is 2.87. The SMILES string of the molecule is CS(=O)(=O)OSc1ccc(-c2ccccc2)cc1.CS(=O)(=O)OSc1ccc(-c2ccccc2)cc1. The van der Waals surface area contributed by atoms with Gasteiger partial charge in [0.2, 0.25) is 0 Å². The van der Waals surface area contributed by atoms with Crippen LogP contribution >= 0.6 is 24.1 Å². The Morgan fingerprint density at radius 3 is 1.00 bits per heavy atom. The van der Waals surface area contributed by atoms with Crippen LogP contribution in [0, 0.1) is 0 Å². The summed E-state index contributed by atoms with van der Waals surface area (Å²) < 4.78 is 52.7. The molecule has 0 aromatic heterocycles. The second-order valence-electron chi connectivity index (χ2n) is 7.49. The summed E-state index contributed by atoms with van der Waals surface area (Å²) in [4.78, 5) is 1.50. The molecule has 10 heteroatoms. The van der Waals surface area contributed by atoms with Crippen LogP contribution in [0.1, 0.15) is 0 Å². The molecule has 6 nitrogen and oxygen atoms in total. The van der Waals surface area contributed by atoms with Crippen LogP contribution in [-0.4, -0.2) is 29.3 Å². The van der Waals surface area contributed by atoms with E-state index in [0.29, 0.717) is 0 Å². The van der Waals surface area contributed by atoms with Gasteiger partial charge < -0.3 is 0 Å². The van der Waals surface area contributed by atoms with Gasteiger partial charge in [-0.1, -0.05) is 84.9 Å². The molecule has 0 amide bonds. The molecule has 0 fully saturated rings. The van der Waals surface area contributed by atoms with E-state index in [9.17, 15) is 16.8 Å². The van der Waals surface area contributed by atoms with Gasteiger partial charge in [-0.2, -0.15) is 24.1 Å². The van der Waals surface area contributed by atoms with E-state index in [1.54, 1.807) is 0 Å². The van der Waals surface area contributed by atoms with Crippen LogP contribution in [0.5, 0.6) is 0 Å². The molecular weight excluding hydrogens is 537 g/mol. The second kappa shape index (κ2) is 13.1. The average Bonchev–Trinajstić information content (AvgIpc) is 2.87. The Hall–Kier alpha value is -2.60. The van der Waals surface area contributed by atoms with Crippen molar-refractivity contribution in [2.75, 3.05) is 12.5 Å². The van der Waals surface area contributed by atoms with Crippen LogP contribution in [0.15, 0.2) is 119 Å². The summed E-state index contributed by atoms with van der Waals surface area (Å²) in [6.45, 7) is 0. The Balaban J connectivity index is 0.000000201. The molecule has 0 radical (unpaired) electrons. The van der Waals surface area contributed by atoms with Gasteiger partial charge in [0.1, 0.15) is 0 Å². The topological polar surface area (TPSA) is 86.7 Å². The van der Waals surface area contributed by atoms with Gasteiger partial charge in [-0.25, -0.2) is 0 Å². The molecular formula is C26H24O6S4. The highest BCUT2D eigenvalue weighted by atomic mass is 32.3. The summed E-state index contributed by atoms with van der Waals surface area (Å²) in [5.74, 6) is 0. The van der Waals surface area contributed by atoms with Crippen LogP contribution in [-0.2, 0) is 27.5 Å². The molecule has 0 bridgehead atoms. The maximum Gasteiger partial charge on any atom is 0.275 e. The van der Waals surface area contributed by atoms with Crippen LogP contribution < -0.4 is 0 Å². The van der Waals surface area contributed by atoms with E-state index in [4.69, 9.17) is 0 Å². The molecule has 36 heavy (non-hydrogen) atoms. The van der Waals surface area contributed by atoms with Crippen molar-refractivity contribution in [3.63, 3.8) is 0 Å². The highest BCUT2D eigenvalue weighted by Gasteiger charge is 2.05. The van der Waals surface area contributed by atoms with Crippen molar-refractivity contribution in [2.24, 2.45) is 0 Å². The van der Waals surface area contributed by atoms with Gasteiger partial charge in [0.15, 0.2) is 0 Å². The van der Waals surface area contributed by atoms with Crippen molar-refractivity contribution < 1.29 is 24.1 Å². The summed E-state index contributed by atoms with van der Waals surface area (Å²) in [7, 11) is -6.84. The van der Waals surface area contributed by atoms with Gasteiger partial charge >= 0.3 is 0 Å². The molecule has 0 saturated carbocycles. The van der Waals surface area contributed by atoms with E-state index >= 15 is 0 Å². The lowest BCUT2D eigenvalue weighted by molar-refractivity contribution is 0.523. The van der Waals surface area contributed by atoms with Crippen molar-refractivity contribution in [3.05, 3.63) is 109 Å². The fourth-order valence-corrected chi connectivity index (χ4v) is 4.98. The summed E-state index contributed by atoms with van der Waals surface area (Å²) in [5, 5.41) is 0.